The van der Waals surface area contributed by atoms with Gasteiger partial charge in [-0.2, -0.15) is 0 Å². The molecule has 0 aliphatic rings. The molecule has 0 aliphatic carbocycles. The molecular formula is C17H14BrNS. The molecule has 0 unspecified atom stereocenters. The molecule has 0 spiro atoms. The summed E-state index contributed by atoms with van der Waals surface area (Å²) in [7, 11) is 0. The van der Waals surface area contributed by atoms with Gasteiger partial charge in [-0.15, -0.1) is 11.3 Å². The monoisotopic (exact) mass is 343 g/mol. The van der Waals surface area contributed by atoms with Gasteiger partial charge in [0.1, 0.15) is 0 Å². The molecule has 0 radical (unpaired) electrons. The van der Waals surface area contributed by atoms with E-state index in [-0.39, 0.29) is 0 Å². The van der Waals surface area contributed by atoms with Gasteiger partial charge in [0.15, 0.2) is 0 Å². The molecule has 100 valence electrons. The molecule has 1 aromatic heterocycles. The minimum absolute atomic E-state index is 0.903. The van der Waals surface area contributed by atoms with Crippen LogP contribution in [-0.2, 0) is 6.42 Å². The van der Waals surface area contributed by atoms with E-state index < -0.39 is 0 Å². The first-order valence-electron chi connectivity index (χ1n) is 6.48. The maximum absolute atomic E-state index is 4.81. The summed E-state index contributed by atoms with van der Waals surface area (Å²) in [5, 5.41) is 1.17. The first-order chi connectivity index (χ1) is 9.72. The van der Waals surface area contributed by atoms with Crippen molar-refractivity contribution >= 4 is 27.3 Å². The van der Waals surface area contributed by atoms with Crippen LogP contribution < -0.4 is 0 Å². The highest BCUT2D eigenvalue weighted by Crippen LogP contribution is 2.30. The molecule has 0 fully saturated rings. The summed E-state index contributed by atoms with van der Waals surface area (Å²) in [4.78, 5) is 6.09. The molecule has 20 heavy (non-hydrogen) atoms. The summed E-state index contributed by atoms with van der Waals surface area (Å²) in [6.07, 6.45) is 0.903. The van der Waals surface area contributed by atoms with Crippen molar-refractivity contribution in [2.24, 2.45) is 0 Å². The summed E-state index contributed by atoms with van der Waals surface area (Å²) < 4.78 is 1.09. The summed E-state index contributed by atoms with van der Waals surface area (Å²) in [5.74, 6) is 0. The highest BCUT2D eigenvalue weighted by atomic mass is 79.9. The number of nitrogens with zero attached hydrogens (tertiary/aromatic N) is 1. The molecule has 0 aliphatic heterocycles. The van der Waals surface area contributed by atoms with E-state index in [4.69, 9.17) is 4.98 Å². The van der Waals surface area contributed by atoms with Gasteiger partial charge in [0.2, 0.25) is 0 Å². The number of hydrogen-bond donors (Lipinski definition) is 0. The Bertz CT molecular complexity index is 719. The molecular weight excluding hydrogens is 330 g/mol. The maximum atomic E-state index is 4.81. The Balaban J connectivity index is 1.91. The van der Waals surface area contributed by atoms with E-state index in [1.165, 1.54) is 21.0 Å². The summed E-state index contributed by atoms with van der Waals surface area (Å²) in [5.41, 5.74) is 3.58. The van der Waals surface area contributed by atoms with Crippen LogP contribution in [0, 0.1) is 6.92 Å². The topological polar surface area (TPSA) is 12.9 Å². The Morgan fingerprint density at radius 2 is 1.85 bits per heavy atom. The van der Waals surface area contributed by atoms with E-state index in [9.17, 15) is 0 Å². The van der Waals surface area contributed by atoms with Gasteiger partial charge in [0.25, 0.3) is 0 Å². The van der Waals surface area contributed by atoms with Crippen LogP contribution in [0.15, 0.2) is 59.1 Å². The minimum Gasteiger partial charge on any atom is -0.241 e. The molecule has 1 nitrogen and oxygen atoms in total. The molecule has 1 heterocycles. The zero-order valence-corrected chi connectivity index (χ0v) is 13.5. The quantitative estimate of drug-likeness (QED) is 0.614. The van der Waals surface area contributed by atoms with Crippen molar-refractivity contribution in [3.63, 3.8) is 0 Å². The molecule has 0 N–H and O–H groups in total. The van der Waals surface area contributed by atoms with E-state index >= 15 is 0 Å². The SMILES string of the molecule is Cc1sc(Cc2ccccc2)nc1-c1cccc(Br)c1. The molecule has 2 aromatic carbocycles. The molecule has 0 saturated heterocycles. The molecule has 0 saturated carbocycles. The van der Waals surface area contributed by atoms with Crippen LogP contribution in [0.1, 0.15) is 15.4 Å². The third-order valence-electron chi connectivity index (χ3n) is 3.14. The van der Waals surface area contributed by atoms with Crippen LogP contribution in [-0.4, -0.2) is 4.98 Å². The molecule has 0 atom stereocenters. The van der Waals surface area contributed by atoms with Gasteiger partial charge in [-0.3, -0.25) is 0 Å². The van der Waals surface area contributed by atoms with Crippen LogP contribution in [0.3, 0.4) is 0 Å². The van der Waals surface area contributed by atoms with E-state index in [2.05, 4.69) is 65.3 Å². The van der Waals surface area contributed by atoms with E-state index in [1.807, 2.05) is 12.1 Å². The van der Waals surface area contributed by atoms with Crippen molar-refractivity contribution in [1.29, 1.82) is 0 Å². The van der Waals surface area contributed by atoms with Crippen molar-refractivity contribution in [3.8, 4) is 11.3 Å². The second-order valence-corrected chi connectivity index (χ2v) is 6.89. The van der Waals surface area contributed by atoms with Crippen molar-refractivity contribution < 1.29 is 0 Å². The Morgan fingerprint density at radius 1 is 1.05 bits per heavy atom. The van der Waals surface area contributed by atoms with Crippen LogP contribution in [0.2, 0.25) is 0 Å². The first kappa shape index (κ1) is 13.5. The predicted octanol–water partition coefficient (Wildman–Crippen LogP) is 5.47. The Morgan fingerprint density at radius 3 is 2.60 bits per heavy atom. The van der Waals surface area contributed by atoms with Gasteiger partial charge >= 0.3 is 0 Å². The average molecular weight is 344 g/mol. The largest absolute Gasteiger partial charge is 0.241 e. The van der Waals surface area contributed by atoms with Crippen LogP contribution in [0.25, 0.3) is 11.3 Å². The molecule has 0 amide bonds. The van der Waals surface area contributed by atoms with Gasteiger partial charge in [0.05, 0.1) is 10.7 Å². The van der Waals surface area contributed by atoms with Gasteiger partial charge in [-0.25, -0.2) is 4.98 Å². The highest BCUT2D eigenvalue weighted by Gasteiger charge is 2.10. The lowest BCUT2D eigenvalue weighted by atomic mass is 10.1. The predicted molar refractivity (Wildman–Crippen MR) is 89.2 cm³/mol. The van der Waals surface area contributed by atoms with Gasteiger partial charge in [-0.05, 0) is 24.6 Å². The zero-order valence-electron chi connectivity index (χ0n) is 11.1. The minimum atomic E-state index is 0.903. The van der Waals surface area contributed by atoms with Crippen molar-refractivity contribution in [1.82, 2.24) is 4.98 Å². The fraction of sp³-hybridized carbons (Fsp3) is 0.118. The van der Waals surface area contributed by atoms with Gasteiger partial charge < -0.3 is 0 Å². The first-order valence-corrected chi connectivity index (χ1v) is 8.09. The number of hydrogen-bond acceptors (Lipinski definition) is 2. The fourth-order valence-corrected chi connectivity index (χ4v) is 3.59. The normalized spacial score (nSPS) is 10.7. The van der Waals surface area contributed by atoms with E-state index in [0.717, 1.165) is 16.6 Å². The summed E-state index contributed by atoms with van der Waals surface area (Å²) in [6, 6.07) is 18.8. The second kappa shape index (κ2) is 5.90. The zero-order chi connectivity index (χ0) is 13.9. The number of benzene rings is 2. The molecule has 3 aromatic rings. The Hall–Kier alpha value is -1.45. The Kier molecular flexibility index (Phi) is 3.99. The van der Waals surface area contributed by atoms with Crippen molar-refractivity contribution in [2.45, 2.75) is 13.3 Å². The van der Waals surface area contributed by atoms with Crippen LogP contribution >= 0.6 is 27.3 Å². The number of halogens is 1. The maximum Gasteiger partial charge on any atom is 0.0979 e. The third-order valence-corrected chi connectivity index (χ3v) is 4.60. The molecule has 0 bridgehead atoms. The van der Waals surface area contributed by atoms with Gasteiger partial charge in [0, 0.05) is 21.3 Å². The van der Waals surface area contributed by atoms with E-state index in [1.54, 1.807) is 11.3 Å². The van der Waals surface area contributed by atoms with E-state index in [0.29, 0.717) is 0 Å². The number of aromatic nitrogens is 1. The lowest BCUT2D eigenvalue weighted by molar-refractivity contribution is 1.14. The molecule has 3 rings (SSSR count). The van der Waals surface area contributed by atoms with Gasteiger partial charge in [-0.1, -0.05) is 58.4 Å². The van der Waals surface area contributed by atoms with Crippen LogP contribution in [0.4, 0.5) is 0 Å². The average Bonchev–Trinajstić information content (AvgIpc) is 2.81. The summed E-state index contributed by atoms with van der Waals surface area (Å²) >= 11 is 5.30. The Labute approximate surface area is 131 Å². The second-order valence-electron chi connectivity index (χ2n) is 4.69. The van der Waals surface area contributed by atoms with Crippen molar-refractivity contribution in [3.05, 3.63) is 74.5 Å². The number of aryl methyl sites for hydroxylation is 1. The molecule has 3 heteroatoms. The lowest BCUT2D eigenvalue weighted by Gasteiger charge is -1.99. The number of thiazole rings is 1. The lowest BCUT2D eigenvalue weighted by Crippen LogP contribution is -1.87. The third kappa shape index (κ3) is 3.00. The highest BCUT2D eigenvalue weighted by molar-refractivity contribution is 9.10. The van der Waals surface area contributed by atoms with Crippen LogP contribution in [0.5, 0.6) is 0 Å². The smallest absolute Gasteiger partial charge is 0.0979 e. The summed E-state index contributed by atoms with van der Waals surface area (Å²) in [6.45, 7) is 2.14. The standard InChI is InChI=1S/C17H14BrNS/c1-12-17(14-8-5-9-15(18)11-14)19-16(20-12)10-13-6-3-2-4-7-13/h2-9,11H,10H2,1H3. The number of rotatable bonds is 3. The fourth-order valence-electron chi connectivity index (χ4n) is 2.20. The van der Waals surface area contributed by atoms with Crippen molar-refractivity contribution in [2.75, 3.05) is 0 Å².